The van der Waals surface area contributed by atoms with Crippen molar-refractivity contribution >= 4 is 28.1 Å². The van der Waals surface area contributed by atoms with E-state index in [0.717, 1.165) is 16.9 Å². The van der Waals surface area contributed by atoms with Gasteiger partial charge in [0.15, 0.2) is 0 Å². The topological polar surface area (TPSA) is 50.8 Å². The lowest BCUT2D eigenvalue weighted by Gasteiger charge is -2.37. The van der Waals surface area contributed by atoms with Crippen LogP contribution in [0.1, 0.15) is 34.5 Å². The number of hydrogen-bond donors (Lipinski definition) is 1. The molecule has 6 heteroatoms. The lowest BCUT2D eigenvalue weighted by molar-refractivity contribution is 0.0600. The average molecular weight is 485 g/mol. The third-order valence-electron chi connectivity index (χ3n) is 6.77. The zero-order chi connectivity index (χ0) is 25.2. The van der Waals surface area contributed by atoms with Gasteiger partial charge in [-0.05, 0) is 60.0 Å². The molecule has 1 heterocycles. The number of benzene rings is 4. The van der Waals surface area contributed by atoms with Gasteiger partial charge in [-0.15, -0.1) is 0 Å². The number of methoxy groups -OCH3 is 1. The van der Waals surface area contributed by atoms with E-state index in [0.29, 0.717) is 24.4 Å². The highest BCUT2D eigenvalue weighted by molar-refractivity contribution is 5.92. The summed E-state index contributed by atoms with van der Waals surface area (Å²) in [5, 5.41) is 6.03. The molecule has 0 bridgehead atoms. The molecule has 0 fully saturated rings. The van der Waals surface area contributed by atoms with Crippen molar-refractivity contribution < 1.29 is 18.7 Å². The minimum absolute atomic E-state index is 0.0901. The van der Waals surface area contributed by atoms with Gasteiger partial charge in [-0.25, -0.2) is 9.18 Å². The molecule has 0 saturated carbocycles. The third kappa shape index (κ3) is 4.64. The zero-order valence-electron chi connectivity index (χ0n) is 20.6. The number of ether oxygens (including phenoxy) is 2. The molecule has 0 spiro atoms. The minimum atomic E-state index is -0.385. The van der Waals surface area contributed by atoms with Crippen LogP contribution in [-0.2, 0) is 4.74 Å². The van der Waals surface area contributed by atoms with Gasteiger partial charge in [0.25, 0.3) is 0 Å². The number of fused-ring (bicyclic) bond motifs is 2. The van der Waals surface area contributed by atoms with E-state index in [4.69, 9.17) is 9.47 Å². The third-order valence-corrected chi connectivity index (χ3v) is 6.77. The number of carbonyl (C=O) groups excluding carboxylic acids is 1. The van der Waals surface area contributed by atoms with E-state index in [2.05, 4.69) is 53.5 Å². The SMILES string of the molecule is COC(=O)c1cc(N2CC(CNC(C)c3cccc4ccccc34)Oc3cc(F)ccc32)ccc1C. The molecule has 1 N–H and O–H groups in total. The fourth-order valence-electron chi connectivity index (χ4n) is 4.83. The molecule has 0 aliphatic carbocycles. The van der Waals surface area contributed by atoms with E-state index in [1.54, 1.807) is 6.07 Å². The van der Waals surface area contributed by atoms with Gasteiger partial charge in [0.2, 0.25) is 0 Å². The first-order valence-corrected chi connectivity index (χ1v) is 12.1. The Morgan fingerprint density at radius 2 is 1.92 bits per heavy atom. The van der Waals surface area contributed by atoms with Crippen LogP contribution in [0.3, 0.4) is 0 Å². The lowest BCUT2D eigenvalue weighted by atomic mass is 9.99. The van der Waals surface area contributed by atoms with Crippen LogP contribution in [0.15, 0.2) is 78.9 Å². The number of nitrogens with one attached hydrogen (secondary N) is 1. The Hall–Kier alpha value is -3.90. The van der Waals surface area contributed by atoms with E-state index in [1.165, 1.54) is 35.6 Å². The summed E-state index contributed by atoms with van der Waals surface area (Å²) >= 11 is 0. The summed E-state index contributed by atoms with van der Waals surface area (Å²) in [5.74, 6) is -0.263. The van der Waals surface area contributed by atoms with Crippen LogP contribution in [0, 0.1) is 12.7 Å². The summed E-state index contributed by atoms with van der Waals surface area (Å²) < 4.78 is 25.3. The van der Waals surface area contributed by atoms with Gasteiger partial charge in [0.05, 0.1) is 24.9 Å². The quantitative estimate of drug-likeness (QED) is 0.325. The molecule has 184 valence electrons. The van der Waals surface area contributed by atoms with Crippen LogP contribution in [0.4, 0.5) is 15.8 Å². The smallest absolute Gasteiger partial charge is 0.338 e. The molecular formula is C30H29FN2O3. The number of carbonyl (C=O) groups is 1. The van der Waals surface area contributed by atoms with E-state index < -0.39 is 0 Å². The predicted octanol–water partition coefficient (Wildman–Crippen LogP) is 6.32. The molecule has 36 heavy (non-hydrogen) atoms. The van der Waals surface area contributed by atoms with Crippen molar-refractivity contribution in [3.05, 3.63) is 101 Å². The van der Waals surface area contributed by atoms with Gasteiger partial charge in [0, 0.05) is 24.3 Å². The fourth-order valence-corrected chi connectivity index (χ4v) is 4.83. The van der Waals surface area contributed by atoms with Crippen molar-refractivity contribution in [1.82, 2.24) is 5.32 Å². The Kier molecular flexibility index (Phi) is 6.61. The molecule has 4 aromatic carbocycles. The number of anilines is 2. The molecule has 4 aromatic rings. The first-order chi connectivity index (χ1) is 17.4. The van der Waals surface area contributed by atoms with E-state index >= 15 is 0 Å². The molecule has 2 unspecified atom stereocenters. The monoisotopic (exact) mass is 484 g/mol. The number of halogens is 1. The number of aryl methyl sites for hydroxylation is 1. The van der Waals surface area contributed by atoms with Crippen LogP contribution in [0.5, 0.6) is 5.75 Å². The second kappa shape index (κ2) is 9.99. The fraction of sp³-hybridized carbons (Fsp3) is 0.233. The Morgan fingerprint density at radius 1 is 1.11 bits per heavy atom. The summed E-state index contributed by atoms with van der Waals surface area (Å²) in [5.41, 5.74) is 4.14. The number of hydrogen-bond acceptors (Lipinski definition) is 5. The van der Waals surface area contributed by atoms with Crippen molar-refractivity contribution in [2.75, 3.05) is 25.1 Å². The maximum absolute atomic E-state index is 14.1. The number of rotatable bonds is 6. The summed E-state index contributed by atoms with van der Waals surface area (Å²) in [6.45, 7) is 5.11. The van der Waals surface area contributed by atoms with Gasteiger partial charge in [-0.2, -0.15) is 0 Å². The molecule has 0 radical (unpaired) electrons. The van der Waals surface area contributed by atoms with E-state index in [-0.39, 0.29) is 23.9 Å². The van der Waals surface area contributed by atoms with Crippen LogP contribution in [0.2, 0.25) is 0 Å². The Bertz CT molecular complexity index is 1420. The van der Waals surface area contributed by atoms with Gasteiger partial charge in [-0.1, -0.05) is 48.5 Å². The van der Waals surface area contributed by atoms with Crippen molar-refractivity contribution in [2.24, 2.45) is 0 Å². The normalized spacial score (nSPS) is 15.8. The van der Waals surface area contributed by atoms with Crippen molar-refractivity contribution in [1.29, 1.82) is 0 Å². The molecule has 0 saturated heterocycles. The van der Waals surface area contributed by atoms with Crippen LogP contribution >= 0.6 is 0 Å². The lowest BCUT2D eigenvalue weighted by Crippen LogP contribution is -2.44. The Labute approximate surface area is 210 Å². The minimum Gasteiger partial charge on any atom is -0.485 e. The van der Waals surface area contributed by atoms with Gasteiger partial charge < -0.3 is 19.7 Å². The predicted molar refractivity (Wildman–Crippen MR) is 141 cm³/mol. The molecule has 5 rings (SSSR count). The maximum atomic E-state index is 14.1. The number of nitrogens with zero attached hydrogens (tertiary/aromatic N) is 1. The first-order valence-electron chi connectivity index (χ1n) is 12.1. The molecule has 1 aliphatic rings. The first kappa shape index (κ1) is 23.8. The maximum Gasteiger partial charge on any atom is 0.338 e. The molecule has 5 nitrogen and oxygen atoms in total. The summed E-state index contributed by atoms with van der Waals surface area (Å²) in [7, 11) is 1.38. The van der Waals surface area contributed by atoms with Crippen molar-refractivity contribution in [3.63, 3.8) is 0 Å². The molecule has 0 amide bonds. The van der Waals surface area contributed by atoms with E-state index in [9.17, 15) is 9.18 Å². The van der Waals surface area contributed by atoms with Crippen molar-refractivity contribution in [3.8, 4) is 5.75 Å². The molecule has 2 atom stereocenters. The molecular weight excluding hydrogens is 455 g/mol. The highest BCUT2D eigenvalue weighted by Gasteiger charge is 2.28. The Morgan fingerprint density at radius 3 is 2.75 bits per heavy atom. The van der Waals surface area contributed by atoms with Gasteiger partial charge in [-0.3, -0.25) is 0 Å². The van der Waals surface area contributed by atoms with Gasteiger partial charge in [0.1, 0.15) is 17.7 Å². The van der Waals surface area contributed by atoms with E-state index in [1.807, 2.05) is 31.2 Å². The second-order valence-electron chi connectivity index (χ2n) is 9.15. The molecule has 1 aliphatic heterocycles. The van der Waals surface area contributed by atoms with Crippen molar-refractivity contribution in [2.45, 2.75) is 26.0 Å². The largest absolute Gasteiger partial charge is 0.485 e. The van der Waals surface area contributed by atoms with Crippen LogP contribution in [-0.4, -0.2) is 32.3 Å². The average Bonchev–Trinajstić information content (AvgIpc) is 2.90. The highest BCUT2D eigenvalue weighted by Crippen LogP contribution is 2.39. The Balaban J connectivity index is 1.41. The summed E-state index contributed by atoms with van der Waals surface area (Å²) in [6, 6.07) is 25.0. The number of esters is 1. The second-order valence-corrected chi connectivity index (χ2v) is 9.15. The molecule has 0 aromatic heterocycles. The summed E-state index contributed by atoms with van der Waals surface area (Å²) in [6.07, 6.45) is -0.236. The van der Waals surface area contributed by atoms with Gasteiger partial charge >= 0.3 is 5.97 Å². The standard InChI is InChI=1S/C30H29FN2O3/c1-19-11-13-23(16-27(19)30(34)35-3)33-18-24(36-29-15-22(31)12-14-28(29)33)17-32-20(2)25-10-6-8-21-7-4-5-9-26(21)25/h4-16,20,24,32H,17-18H2,1-3H3. The highest BCUT2D eigenvalue weighted by atomic mass is 19.1. The zero-order valence-corrected chi connectivity index (χ0v) is 20.6. The van der Waals surface area contributed by atoms with Crippen LogP contribution < -0.4 is 15.0 Å². The van der Waals surface area contributed by atoms with Crippen LogP contribution in [0.25, 0.3) is 10.8 Å². The summed E-state index contributed by atoms with van der Waals surface area (Å²) in [4.78, 5) is 14.4.